The van der Waals surface area contributed by atoms with E-state index in [0.29, 0.717) is 17.1 Å². The Hall–Kier alpha value is -2.19. The van der Waals surface area contributed by atoms with Crippen LogP contribution in [0.2, 0.25) is 0 Å². The van der Waals surface area contributed by atoms with Gasteiger partial charge in [-0.3, -0.25) is 0 Å². The average molecular weight is 235 g/mol. The summed E-state index contributed by atoms with van der Waals surface area (Å²) in [5, 5.41) is 8.92. The Balaban J connectivity index is 3.41. The van der Waals surface area contributed by atoms with Crippen molar-refractivity contribution in [1.82, 2.24) is 0 Å². The fourth-order valence-corrected chi connectivity index (χ4v) is 1.30. The third-order valence-electron chi connectivity index (χ3n) is 2.07. The van der Waals surface area contributed by atoms with Gasteiger partial charge in [-0.05, 0) is 12.1 Å². The number of carboxylic acids is 1. The van der Waals surface area contributed by atoms with Gasteiger partial charge < -0.3 is 20.3 Å². The van der Waals surface area contributed by atoms with Crippen molar-refractivity contribution in [2.75, 3.05) is 20.8 Å². The SMILES string of the molecule is COc1cc(C(=O)O)cc(OC)c1C#CCN. The summed E-state index contributed by atoms with van der Waals surface area (Å²) in [4.78, 5) is 10.9. The fraction of sp³-hybridized carbons (Fsp3) is 0.250. The highest BCUT2D eigenvalue weighted by Gasteiger charge is 2.14. The number of benzene rings is 1. The molecule has 0 aliphatic heterocycles. The van der Waals surface area contributed by atoms with E-state index in [2.05, 4.69) is 11.8 Å². The van der Waals surface area contributed by atoms with E-state index in [0.717, 1.165) is 0 Å². The zero-order chi connectivity index (χ0) is 12.8. The standard InChI is InChI=1S/C12H13NO4/c1-16-10-6-8(12(14)15)7-11(17-2)9(10)4-3-5-13/h6-7H,5,13H2,1-2H3,(H,14,15). The van der Waals surface area contributed by atoms with Crippen LogP contribution in [0.25, 0.3) is 0 Å². The second kappa shape index (κ2) is 5.77. The van der Waals surface area contributed by atoms with Crippen LogP contribution >= 0.6 is 0 Å². The van der Waals surface area contributed by atoms with E-state index in [1.54, 1.807) is 0 Å². The molecule has 0 aromatic heterocycles. The first-order valence-corrected chi connectivity index (χ1v) is 4.82. The van der Waals surface area contributed by atoms with E-state index in [-0.39, 0.29) is 12.1 Å². The fourth-order valence-electron chi connectivity index (χ4n) is 1.30. The van der Waals surface area contributed by atoms with E-state index in [9.17, 15) is 4.79 Å². The second-order valence-corrected chi connectivity index (χ2v) is 3.07. The summed E-state index contributed by atoms with van der Waals surface area (Å²) < 4.78 is 10.2. The van der Waals surface area contributed by atoms with Crippen molar-refractivity contribution < 1.29 is 19.4 Å². The molecule has 0 unspecified atom stereocenters. The molecule has 0 atom stereocenters. The molecule has 5 nitrogen and oxygen atoms in total. The molecule has 0 saturated heterocycles. The largest absolute Gasteiger partial charge is 0.495 e. The van der Waals surface area contributed by atoms with E-state index in [4.69, 9.17) is 20.3 Å². The maximum Gasteiger partial charge on any atom is 0.335 e. The summed E-state index contributed by atoms with van der Waals surface area (Å²) in [5.74, 6) is 5.11. The number of hydrogen-bond acceptors (Lipinski definition) is 4. The first kappa shape index (κ1) is 12.9. The van der Waals surface area contributed by atoms with Crippen LogP contribution in [0.4, 0.5) is 0 Å². The van der Waals surface area contributed by atoms with Gasteiger partial charge in [-0.2, -0.15) is 0 Å². The lowest BCUT2D eigenvalue weighted by Gasteiger charge is -2.10. The van der Waals surface area contributed by atoms with E-state index in [1.165, 1.54) is 26.4 Å². The molecule has 0 fully saturated rings. The highest BCUT2D eigenvalue weighted by molar-refractivity contribution is 5.89. The predicted molar refractivity (Wildman–Crippen MR) is 62.4 cm³/mol. The first-order valence-electron chi connectivity index (χ1n) is 4.82. The Morgan fingerprint density at radius 1 is 1.35 bits per heavy atom. The third kappa shape index (κ3) is 2.89. The van der Waals surface area contributed by atoms with Gasteiger partial charge in [0, 0.05) is 0 Å². The van der Waals surface area contributed by atoms with Crippen LogP contribution in [0, 0.1) is 11.8 Å². The van der Waals surface area contributed by atoms with Gasteiger partial charge in [-0.1, -0.05) is 11.8 Å². The summed E-state index contributed by atoms with van der Waals surface area (Å²) >= 11 is 0. The van der Waals surface area contributed by atoms with Gasteiger partial charge in [0.05, 0.1) is 26.3 Å². The zero-order valence-electron chi connectivity index (χ0n) is 9.61. The van der Waals surface area contributed by atoms with Crippen molar-refractivity contribution in [2.24, 2.45) is 5.73 Å². The van der Waals surface area contributed by atoms with Gasteiger partial charge in [0.25, 0.3) is 0 Å². The number of nitrogens with two attached hydrogens (primary N) is 1. The Morgan fingerprint density at radius 3 is 2.24 bits per heavy atom. The van der Waals surface area contributed by atoms with Gasteiger partial charge >= 0.3 is 5.97 Å². The molecule has 3 N–H and O–H groups in total. The highest BCUT2D eigenvalue weighted by Crippen LogP contribution is 2.29. The van der Waals surface area contributed by atoms with E-state index < -0.39 is 5.97 Å². The molecule has 1 rings (SSSR count). The lowest BCUT2D eigenvalue weighted by molar-refractivity contribution is 0.0696. The summed E-state index contributed by atoms with van der Waals surface area (Å²) in [6.07, 6.45) is 0. The normalized spacial score (nSPS) is 9.12. The third-order valence-corrected chi connectivity index (χ3v) is 2.07. The summed E-state index contributed by atoms with van der Waals surface area (Å²) in [7, 11) is 2.88. The number of rotatable bonds is 3. The summed E-state index contributed by atoms with van der Waals surface area (Å²) in [6, 6.07) is 2.79. The van der Waals surface area contributed by atoms with Crippen molar-refractivity contribution in [3.63, 3.8) is 0 Å². The highest BCUT2D eigenvalue weighted by atomic mass is 16.5. The molecular weight excluding hydrogens is 222 g/mol. The second-order valence-electron chi connectivity index (χ2n) is 3.07. The van der Waals surface area contributed by atoms with Crippen molar-refractivity contribution in [3.05, 3.63) is 23.3 Å². The molecule has 0 bridgehead atoms. The molecule has 5 heteroatoms. The number of carboxylic acid groups (broad SMARTS) is 1. The molecule has 0 aliphatic rings. The predicted octanol–water partition coefficient (Wildman–Crippen LogP) is 0.712. The Kier molecular flexibility index (Phi) is 4.37. The summed E-state index contributed by atoms with van der Waals surface area (Å²) in [6.45, 7) is 0.201. The topological polar surface area (TPSA) is 81.8 Å². The maximum atomic E-state index is 10.9. The molecule has 0 heterocycles. The first-order chi connectivity index (χ1) is 8.13. The van der Waals surface area contributed by atoms with Gasteiger partial charge in [-0.25, -0.2) is 4.79 Å². The van der Waals surface area contributed by atoms with Crippen molar-refractivity contribution in [1.29, 1.82) is 0 Å². The molecule has 0 aliphatic carbocycles. The van der Waals surface area contributed by atoms with E-state index in [1.807, 2.05) is 0 Å². The minimum Gasteiger partial charge on any atom is -0.495 e. The van der Waals surface area contributed by atoms with Crippen LogP contribution in [-0.2, 0) is 0 Å². The zero-order valence-corrected chi connectivity index (χ0v) is 9.61. The van der Waals surface area contributed by atoms with Crippen LogP contribution in [0.5, 0.6) is 11.5 Å². The molecule has 90 valence electrons. The monoisotopic (exact) mass is 235 g/mol. The van der Waals surface area contributed by atoms with Gasteiger partial charge in [0.2, 0.25) is 0 Å². The van der Waals surface area contributed by atoms with Crippen LogP contribution in [0.3, 0.4) is 0 Å². The number of methoxy groups -OCH3 is 2. The molecule has 0 radical (unpaired) electrons. The molecule has 17 heavy (non-hydrogen) atoms. The van der Waals surface area contributed by atoms with Crippen LogP contribution < -0.4 is 15.2 Å². The van der Waals surface area contributed by atoms with Crippen LogP contribution in [0.15, 0.2) is 12.1 Å². The molecule has 0 spiro atoms. The molecule has 0 saturated carbocycles. The summed E-state index contributed by atoms with van der Waals surface area (Å²) in [5.41, 5.74) is 5.86. The number of aromatic carboxylic acids is 1. The Labute approximate surface area is 99.1 Å². The molecular formula is C12H13NO4. The van der Waals surface area contributed by atoms with Gasteiger partial charge in [-0.15, -0.1) is 0 Å². The average Bonchev–Trinajstić information content (AvgIpc) is 2.34. The maximum absolute atomic E-state index is 10.9. The van der Waals surface area contributed by atoms with Gasteiger partial charge in [0.1, 0.15) is 17.1 Å². The van der Waals surface area contributed by atoms with Crippen LogP contribution in [0.1, 0.15) is 15.9 Å². The Morgan fingerprint density at radius 2 is 1.88 bits per heavy atom. The van der Waals surface area contributed by atoms with Gasteiger partial charge in [0.15, 0.2) is 0 Å². The van der Waals surface area contributed by atoms with Crippen molar-refractivity contribution in [2.45, 2.75) is 0 Å². The lowest BCUT2D eigenvalue weighted by Crippen LogP contribution is -2.01. The smallest absolute Gasteiger partial charge is 0.335 e. The molecule has 0 amide bonds. The molecule has 1 aromatic rings. The lowest BCUT2D eigenvalue weighted by atomic mass is 10.1. The number of carbonyl (C=O) groups is 1. The minimum absolute atomic E-state index is 0.0806. The minimum atomic E-state index is -1.06. The van der Waals surface area contributed by atoms with E-state index >= 15 is 0 Å². The Bertz CT molecular complexity index is 460. The number of hydrogen-bond donors (Lipinski definition) is 2. The number of ether oxygens (including phenoxy) is 2. The van der Waals surface area contributed by atoms with Crippen molar-refractivity contribution in [3.8, 4) is 23.3 Å². The quantitative estimate of drug-likeness (QED) is 0.754. The molecule has 1 aromatic carbocycles. The van der Waals surface area contributed by atoms with Crippen molar-refractivity contribution >= 4 is 5.97 Å². The van der Waals surface area contributed by atoms with Crippen LogP contribution in [-0.4, -0.2) is 31.8 Å².